The Morgan fingerprint density at radius 2 is 1.62 bits per heavy atom. The summed E-state index contributed by atoms with van der Waals surface area (Å²) in [5.74, 6) is 0.718. The zero-order valence-electron chi connectivity index (χ0n) is 20.0. The molecule has 0 aromatic heterocycles. The number of hydrogen-bond acceptors (Lipinski definition) is 5. The molecular formula is C27H37N3O4. The van der Waals surface area contributed by atoms with Crippen molar-refractivity contribution >= 4 is 23.2 Å². The Labute approximate surface area is 202 Å². The van der Waals surface area contributed by atoms with E-state index in [4.69, 9.17) is 10.5 Å². The average molecular weight is 468 g/mol. The summed E-state index contributed by atoms with van der Waals surface area (Å²) in [4.78, 5) is 24.7. The summed E-state index contributed by atoms with van der Waals surface area (Å²) >= 11 is 0. The van der Waals surface area contributed by atoms with Gasteiger partial charge in [-0.05, 0) is 67.6 Å². The monoisotopic (exact) mass is 467 g/mol. The van der Waals surface area contributed by atoms with E-state index in [1.807, 2.05) is 31.2 Å². The van der Waals surface area contributed by atoms with Gasteiger partial charge in [0.1, 0.15) is 11.9 Å². The molecule has 0 bridgehead atoms. The van der Waals surface area contributed by atoms with Crippen molar-refractivity contribution in [3.8, 4) is 5.75 Å². The Bertz CT molecular complexity index is 908. The van der Waals surface area contributed by atoms with Crippen LogP contribution in [0.1, 0.15) is 57.4 Å². The molecule has 0 aliphatic heterocycles. The molecule has 1 aliphatic rings. The minimum atomic E-state index is -1.25. The van der Waals surface area contributed by atoms with Gasteiger partial charge in [-0.15, -0.1) is 0 Å². The van der Waals surface area contributed by atoms with Crippen molar-refractivity contribution in [2.45, 2.75) is 70.4 Å². The zero-order valence-corrected chi connectivity index (χ0v) is 20.0. The molecule has 184 valence electrons. The summed E-state index contributed by atoms with van der Waals surface area (Å²) in [6.45, 7) is 2.56. The first-order valence-corrected chi connectivity index (χ1v) is 12.3. The van der Waals surface area contributed by atoms with E-state index in [1.54, 1.807) is 24.3 Å². The lowest BCUT2D eigenvalue weighted by molar-refractivity contribution is -0.125. The predicted octanol–water partition coefficient (Wildman–Crippen LogP) is 4.25. The molecule has 2 unspecified atom stereocenters. The summed E-state index contributed by atoms with van der Waals surface area (Å²) in [5.41, 5.74) is 8.36. The number of anilines is 2. The number of aliphatic hydroxyl groups is 1. The van der Waals surface area contributed by atoms with Crippen LogP contribution in [0.15, 0.2) is 48.5 Å². The lowest BCUT2D eigenvalue weighted by Gasteiger charge is -2.26. The van der Waals surface area contributed by atoms with E-state index >= 15 is 0 Å². The molecule has 3 rings (SSSR count). The van der Waals surface area contributed by atoms with Gasteiger partial charge < -0.3 is 26.2 Å². The average Bonchev–Trinajstić information content (AvgIpc) is 2.85. The van der Waals surface area contributed by atoms with Crippen molar-refractivity contribution in [1.82, 2.24) is 0 Å². The number of nitrogens with two attached hydrogens (primary N) is 1. The molecule has 5 N–H and O–H groups in total. The van der Waals surface area contributed by atoms with Crippen molar-refractivity contribution in [1.29, 1.82) is 0 Å². The Morgan fingerprint density at radius 1 is 1.00 bits per heavy atom. The van der Waals surface area contributed by atoms with Crippen LogP contribution in [0, 0.1) is 5.92 Å². The predicted molar refractivity (Wildman–Crippen MR) is 135 cm³/mol. The second-order valence-electron chi connectivity index (χ2n) is 9.04. The molecule has 7 nitrogen and oxygen atoms in total. The van der Waals surface area contributed by atoms with E-state index in [0.29, 0.717) is 43.2 Å². The summed E-state index contributed by atoms with van der Waals surface area (Å²) < 4.78 is 5.43. The standard InChI is InChI=1S/C27H37N3O4/c1-2-34-23-15-8-19(9-16-23)10-17-25(31)29-21-11-13-22(14-12-21)30-27(33)26(32)24(28)18-20-6-4-3-5-7-20/h8-9,11-16,20,24,26,32H,2-7,10,17-18,28H2,1H3,(H,29,31)(H,30,33). The fourth-order valence-corrected chi connectivity index (χ4v) is 4.38. The molecule has 2 atom stereocenters. The van der Waals surface area contributed by atoms with E-state index < -0.39 is 18.1 Å². The van der Waals surface area contributed by atoms with Gasteiger partial charge in [-0.3, -0.25) is 9.59 Å². The normalized spacial score (nSPS) is 15.9. The van der Waals surface area contributed by atoms with Crippen LogP contribution < -0.4 is 21.1 Å². The van der Waals surface area contributed by atoms with Gasteiger partial charge >= 0.3 is 0 Å². The SMILES string of the molecule is CCOc1ccc(CCC(=O)Nc2ccc(NC(=O)C(O)C(N)CC3CCCCC3)cc2)cc1. The van der Waals surface area contributed by atoms with Crippen molar-refractivity contribution < 1.29 is 19.4 Å². The summed E-state index contributed by atoms with van der Waals surface area (Å²) in [7, 11) is 0. The number of aryl methyl sites for hydroxylation is 1. The lowest BCUT2D eigenvalue weighted by atomic mass is 9.84. The van der Waals surface area contributed by atoms with Crippen LogP contribution in [-0.2, 0) is 16.0 Å². The van der Waals surface area contributed by atoms with Crippen LogP contribution in [0.25, 0.3) is 0 Å². The highest BCUT2D eigenvalue weighted by atomic mass is 16.5. The van der Waals surface area contributed by atoms with E-state index in [-0.39, 0.29) is 5.91 Å². The molecule has 0 heterocycles. The van der Waals surface area contributed by atoms with Gasteiger partial charge in [0, 0.05) is 23.8 Å². The number of hydrogen-bond donors (Lipinski definition) is 4. The minimum Gasteiger partial charge on any atom is -0.494 e. The second-order valence-corrected chi connectivity index (χ2v) is 9.04. The summed E-state index contributed by atoms with van der Waals surface area (Å²) in [6.07, 6.45) is 6.30. The van der Waals surface area contributed by atoms with Gasteiger partial charge in [0.25, 0.3) is 5.91 Å². The van der Waals surface area contributed by atoms with Crippen LogP contribution in [0.4, 0.5) is 11.4 Å². The van der Waals surface area contributed by atoms with Crippen LogP contribution in [0.3, 0.4) is 0 Å². The molecule has 2 aromatic rings. The number of benzene rings is 2. The molecule has 7 heteroatoms. The molecule has 0 saturated heterocycles. The van der Waals surface area contributed by atoms with Crippen LogP contribution in [-0.4, -0.2) is 35.7 Å². The maximum Gasteiger partial charge on any atom is 0.254 e. The molecule has 0 spiro atoms. The molecule has 1 aliphatic carbocycles. The highest BCUT2D eigenvalue weighted by Gasteiger charge is 2.26. The maximum atomic E-state index is 12.4. The van der Waals surface area contributed by atoms with E-state index in [2.05, 4.69) is 10.6 Å². The first kappa shape index (κ1) is 25.7. The number of carbonyl (C=O) groups excluding carboxylic acids is 2. The first-order chi connectivity index (χ1) is 16.4. The van der Waals surface area contributed by atoms with Gasteiger partial charge in [0.15, 0.2) is 0 Å². The largest absolute Gasteiger partial charge is 0.494 e. The Kier molecular flexibility index (Phi) is 9.91. The number of nitrogens with one attached hydrogen (secondary N) is 2. The fourth-order valence-electron chi connectivity index (χ4n) is 4.38. The highest BCUT2D eigenvalue weighted by molar-refractivity contribution is 5.95. The molecule has 1 fully saturated rings. The van der Waals surface area contributed by atoms with E-state index in [0.717, 1.165) is 24.2 Å². The maximum absolute atomic E-state index is 12.4. The third-order valence-corrected chi connectivity index (χ3v) is 6.32. The van der Waals surface area contributed by atoms with Crippen molar-refractivity contribution in [2.24, 2.45) is 11.7 Å². The third-order valence-electron chi connectivity index (χ3n) is 6.32. The van der Waals surface area contributed by atoms with Crippen molar-refractivity contribution in [3.05, 3.63) is 54.1 Å². The van der Waals surface area contributed by atoms with Crippen LogP contribution in [0.5, 0.6) is 5.75 Å². The number of ether oxygens (including phenoxy) is 1. The molecule has 2 aromatic carbocycles. The fraction of sp³-hybridized carbons (Fsp3) is 0.481. The lowest BCUT2D eigenvalue weighted by Crippen LogP contribution is -2.44. The van der Waals surface area contributed by atoms with Crippen molar-refractivity contribution in [2.75, 3.05) is 17.2 Å². The molecule has 2 amide bonds. The molecule has 0 radical (unpaired) electrons. The molecule has 34 heavy (non-hydrogen) atoms. The topological polar surface area (TPSA) is 114 Å². The number of carbonyl (C=O) groups is 2. The van der Waals surface area contributed by atoms with E-state index in [9.17, 15) is 14.7 Å². The van der Waals surface area contributed by atoms with Crippen molar-refractivity contribution in [3.63, 3.8) is 0 Å². The highest BCUT2D eigenvalue weighted by Crippen LogP contribution is 2.27. The second kappa shape index (κ2) is 13.1. The Balaban J connectivity index is 1.41. The van der Waals surface area contributed by atoms with Gasteiger partial charge in [-0.2, -0.15) is 0 Å². The molecular weight excluding hydrogens is 430 g/mol. The third kappa shape index (κ3) is 8.15. The Morgan fingerprint density at radius 3 is 2.24 bits per heavy atom. The quantitative estimate of drug-likeness (QED) is 0.394. The number of rotatable bonds is 11. The smallest absolute Gasteiger partial charge is 0.254 e. The van der Waals surface area contributed by atoms with Crippen LogP contribution >= 0.6 is 0 Å². The van der Waals surface area contributed by atoms with Gasteiger partial charge in [0.05, 0.1) is 6.61 Å². The van der Waals surface area contributed by atoms with Gasteiger partial charge in [0.2, 0.25) is 5.91 Å². The zero-order chi connectivity index (χ0) is 24.3. The van der Waals surface area contributed by atoms with Crippen LogP contribution in [0.2, 0.25) is 0 Å². The van der Waals surface area contributed by atoms with E-state index in [1.165, 1.54) is 19.3 Å². The summed E-state index contributed by atoms with van der Waals surface area (Å²) in [5, 5.41) is 15.9. The summed E-state index contributed by atoms with van der Waals surface area (Å²) in [6, 6.07) is 14.0. The Hall–Kier alpha value is -2.90. The first-order valence-electron chi connectivity index (χ1n) is 12.3. The minimum absolute atomic E-state index is 0.0882. The molecule has 1 saturated carbocycles. The number of aliphatic hydroxyl groups excluding tert-OH is 1. The van der Waals surface area contributed by atoms with Gasteiger partial charge in [-0.1, -0.05) is 44.2 Å². The van der Waals surface area contributed by atoms with Gasteiger partial charge in [-0.25, -0.2) is 0 Å². The number of amides is 2.